The summed E-state index contributed by atoms with van der Waals surface area (Å²) in [5.41, 5.74) is 1.66. The number of nitrogens with zero attached hydrogens (tertiary/aromatic N) is 2. The number of carboxylic acids is 1. The maximum atomic E-state index is 10.9. The minimum atomic E-state index is -0.930. The van der Waals surface area contributed by atoms with Crippen molar-refractivity contribution in [3.63, 3.8) is 0 Å². The van der Waals surface area contributed by atoms with Crippen LogP contribution >= 0.6 is 0 Å². The fourth-order valence-electron chi connectivity index (χ4n) is 1.37. The minimum Gasteiger partial charge on any atom is -0.477 e. The Morgan fingerprint density at radius 3 is 3.00 bits per heavy atom. The predicted octanol–water partition coefficient (Wildman–Crippen LogP) is 1.34. The number of rotatable bonds is 1. The van der Waals surface area contributed by atoms with Crippen LogP contribution in [0.4, 0.5) is 0 Å². The smallest absolute Gasteiger partial charge is 0.353 e. The van der Waals surface area contributed by atoms with Crippen molar-refractivity contribution >= 4 is 11.6 Å². The van der Waals surface area contributed by atoms with Gasteiger partial charge in [-0.25, -0.2) is 9.78 Å². The summed E-state index contributed by atoms with van der Waals surface area (Å²) >= 11 is 0. The third-order valence-electron chi connectivity index (χ3n) is 1.97. The Labute approximate surface area is 74.5 Å². The Morgan fingerprint density at radius 2 is 2.31 bits per heavy atom. The number of aryl methyl sites for hydroxylation is 1. The van der Waals surface area contributed by atoms with Crippen molar-refractivity contribution in [3.8, 4) is 0 Å². The van der Waals surface area contributed by atoms with Crippen LogP contribution in [0.25, 0.3) is 5.65 Å². The molecule has 4 heteroatoms. The van der Waals surface area contributed by atoms with Crippen molar-refractivity contribution in [1.29, 1.82) is 0 Å². The van der Waals surface area contributed by atoms with Crippen LogP contribution in [0.15, 0.2) is 24.5 Å². The average molecular weight is 176 g/mol. The maximum Gasteiger partial charge on any atom is 0.353 e. The van der Waals surface area contributed by atoms with Crippen LogP contribution in [0.5, 0.6) is 0 Å². The number of hydrogen-bond acceptors (Lipinski definition) is 2. The van der Waals surface area contributed by atoms with Crippen molar-refractivity contribution in [3.05, 3.63) is 35.8 Å². The quantitative estimate of drug-likeness (QED) is 0.713. The molecule has 2 aromatic heterocycles. The van der Waals surface area contributed by atoms with Gasteiger partial charge < -0.3 is 5.11 Å². The summed E-state index contributed by atoms with van der Waals surface area (Å²) in [7, 11) is 0. The molecule has 2 rings (SSSR count). The fourth-order valence-corrected chi connectivity index (χ4v) is 1.37. The number of pyridine rings is 1. The maximum absolute atomic E-state index is 10.9. The van der Waals surface area contributed by atoms with Crippen LogP contribution < -0.4 is 0 Å². The van der Waals surface area contributed by atoms with E-state index in [1.54, 1.807) is 35.9 Å². The third kappa shape index (κ3) is 1.07. The molecule has 0 amide bonds. The van der Waals surface area contributed by atoms with Gasteiger partial charge in [-0.3, -0.25) is 4.40 Å². The molecule has 0 aliphatic carbocycles. The third-order valence-corrected chi connectivity index (χ3v) is 1.97. The molecule has 0 aromatic carbocycles. The summed E-state index contributed by atoms with van der Waals surface area (Å²) in [6, 6.07) is 3.55. The normalized spacial score (nSPS) is 10.5. The molecule has 2 aromatic rings. The Kier molecular flexibility index (Phi) is 1.55. The van der Waals surface area contributed by atoms with Gasteiger partial charge in [-0.2, -0.15) is 0 Å². The number of aromatic nitrogens is 2. The van der Waals surface area contributed by atoms with Crippen molar-refractivity contribution in [1.82, 2.24) is 9.38 Å². The average Bonchev–Trinajstić information content (AvgIpc) is 2.50. The Morgan fingerprint density at radius 1 is 1.54 bits per heavy atom. The van der Waals surface area contributed by atoms with Gasteiger partial charge in [0.2, 0.25) is 0 Å². The number of aromatic carboxylic acids is 1. The van der Waals surface area contributed by atoms with E-state index in [4.69, 9.17) is 5.11 Å². The first-order chi connectivity index (χ1) is 6.20. The Bertz CT molecular complexity index is 473. The van der Waals surface area contributed by atoms with E-state index in [9.17, 15) is 4.79 Å². The summed E-state index contributed by atoms with van der Waals surface area (Å²) in [5.74, 6) is -0.930. The molecular formula is C9H8N2O2. The Balaban J connectivity index is 2.88. The number of imidazole rings is 1. The molecule has 0 spiro atoms. The van der Waals surface area contributed by atoms with Gasteiger partial charge in [0.15, 0.2) is 0 Å². The number of carboxylic acid groups (broad SMARTS) is 1. The lowest BCUT2D eigenvalue weighted by Gasteiger charge is -2.03. The van der Waals surface area contributed by atoms with E-state index >= 15 is 0 Å². The highest BCUT2D eigenvalue weighted by molar-refractivity contribution is 5.88. The second-order valence-electron chi connectivity index (χ2n) is 2.83. The van der Waals surface area contributed by atoms with Gasteiger partial charge >= 0.3 is 5.97 Å². The fraction of sp³-hybridized carbons (Fsp3) is 0.111. The second kappa shape index (κ2) is 2.58. The number of fused-ring (bicyclic) bond motifs is 1. The standard InChI is InChI=1S/C9H8N2O2/c1-6-2-3-7-10-4-5-11(7)8(6)9(12)13/h2-5H,1H3,(H,12,13). The first-order valence-corrected chi connectivity index (χ1v) is 3.86. The lowest BCUT2D eigenvalue weighted by atomic mass is 10.2. The lowest BCUT2D eigenvalue weighted by molar-refractivity contribution is 0.0688. The van der Waals surface area contributed by atoms with Crippen LogP contribution in [-0.4, -0.2) is 20.5 Å². The Hall–Kier alpha value is -1.84. The molecule has 0 aliphatic heterocycles. The van der Waals surface area contributed by atoms with E-state index in [-0.39, 0.29) is 5.69 Å². The molecule has 0 saturated carbocycles. The van der Waals surface area contributed by atoms with E-state index in [2.05, 4.69) is 4.98 Å². The SMILES string of the molecule is Cc1ccc2nccn2c1C(=O)O. The number of hydrogen-bond donors (Lipinski definition) is 1. The highest BCUT2D eigenvalue weighted by atomic mass is 16.4. The first kappa shape index (κ1) is 7.79. The van der Waals surface area contributed by atoms with E-state index < -0.39 is 5.97 Å². The van der Waals surface area contributed by atoms with Gasteiger partial charge in [0, 0.05) is 12.4 Å². The molecule has 4 nitrogen and oxygen atoms in total. The minimum absolute atomic E-state index is 0.273. The van der Waals surface area contributed by atoms with Crippen molar-refractivity contribution < 1.29 is 9.90 Å². The van der Waals surface area contributed by atoms with E-state index in [1.807, 2.05) is 0 Å². The highest BCUT2D eigenvalue weighted by Gasteiger charge is 2.11. The van der Waals surface area contributed by atoms with Crippen LogP contribution in [0.1, 0.15) is 16.1 Å². The van der Waals surface area contributed by atoms with Gasteiger partial charge in [0.25, 0.3) is 0 Å². The largest absolute Gasteiger partial charge is 0.477 e. The summed E-state index contributed by atoms with van der Waals surface area (Å²) < 4.78 is 1.57. The molecule has 0 saturated heterocycles. The van der Waals surface area contributed by atoms with Gasteiger partial charge in [-0.1, -0.05) is 6.07 Å². The summed E-state index contributed by atoms with van der Waals surface area (Å²) in [4.78, 5) is 14.9. The monoisotopic (exact) mass is 176 g/mol. The predicted molar refractivity (Wildman–Crippen MR) is 46.9 cm³/mol. The molecule has 1 N–H and O–H groups in total. The summed E-state index contributed by atoms with van der Waals surface area (Å²) in [6.45, 7) is 1.77. The molecule has 0 unspecified atom stereocenters. The van der Waals surface area contributed by atoms with Crippen molar-refractivity contribution in [2.75, 3.05) is 0 Å². The lowest BCUT2D eigenvalue weighted by Crippen LogP contribution is -2.06. The van der Waals surface area contributed by atoms with Crippen LogP contribution in [0, 0.1) is 6.92 Å². The first-order valence-electron chi connectivity index (χ1n) is 3.86. The molecule has 2 heterocycles. The summed E-state index contributed by atoms with van der Waals surface area (Å²) in [5, 5.41) is 8.93. The summed E-state index contributed by atoms with van der Waals surface area (Å²) in [6.07, 6.45) is 3.23. The zero-order valence-electron chi connectivity index (χ0n) is 7.06. The van der Waals surface area contributed by atoms with Crippen LogP contribution in [0.3, 0.4) is 0 Å². The molecule has 0 atom stereocenters. The van der Waals surface area contributed by atoms with Gasteiger partial charge in [-0.05, 0) is 18.6 Å². The van der Waals surface area contributed by atoms with Crippen molar-refractivity contribution in [2.45, 2.75) is 6.92 Å². The van der Waals surface area contributed by atoms with Crippen molar-refractivity contribution in [2.24, 2.45) is 0 Å². The topological polar surface area (TPSA) is 54.6 Å². The molecule has 0 bridgehead atoms. The van der Waals surface area contributed by atoms with E-state index in [1.165, 1.54) is 0 Å². The van der Waals surface area contributed by atoms with Gasteiger partial charge in [0.1, 0.15) is 11.3 Å². The molecule has 13 heavy (non-hydrogen) atoms. The number of carbonyl (C=O) groups is 1. The van der Waals surface area contributed by atoms with Gasteiger partial charge in [-0.15, -0.1) is 0 Å². The molecule has 0 radical (unpaired) electrons. The molecule has 66 valence electrons. The van der Waals surface area contributed by atoms with E-state index in [0.29, 0.717) is 5.65 Å². The highest BCUT2D eigenvalue weighted by Crippen LogP contribution is 2.11. The molecule has 0 fully saturated rings. The van der Waals surface area contributed by atoms with Crippen LogP contribution in [0.2, 0.25) is 0 Å². The zero-order chi connectivity index (χ0) is 9.42. The zero-order valence-corrected chi connectivity index (χ0v) is 7.06. The molecular weight excluding hydrogens is 168 g/mol. The van der Waals surface area contributed by atoms with Crippen LogP contribution in [-0.2, 0) is 0 Å². The van der Waals surface area contributed by atoms with E-state index in [0.717, 1.165) is 5.56 Å². The molecule has 0 aliphatic rings. The van der Waals surface area contributed by atoms with Gasteiger partial charge in [0.05, 0.1) is 0 Å². The second-order valence-corrected chi connectivity index (χ2v) is 2.83.